The van der Waals surface area contributed by atoms with Crippen molar-refractivity contribution in [3.05, 3.63) is 46.5 Å². The van der Waals surface area contributed by atoms with Crippen molar-refractivity contribution < 1.29 is 0 Å². The second-order valence-electron chi connectivity index (χ2n) is 4.68. The van der Waals surface area contributed by atoms with Crippen LogP contribution in [0.4, 0.5) is 5.95 Å². The highest BCUT2D eigenvalue weighted by Crippen LogP contribution is 2.31. The van der Waals surface area contributed by atoms with Crippen molar-refractivity contribution in [3.63, 3.8) is 0 Å². The van der Waals surface area contributed by atoms with Crippen LogP contribution in [0.15, 0.2) is 30.3 Å². The third kappa shape index (κ3) is 3.17. The first-order valence-corrected chi connectivity index (χ1v) is 6.81. The summed E-state index contributed by atoms with van der Waals surface area (Å²) in [6, 6.07) is 10.3. The van der Waals surface area contributed by atoms with Gasteiger partial charge in [0.2, 0.25) is 10.7 Å². The number of hydrogen-bond acceptors (Lipinski definition) is 4. The summed E-state index contributed by atoms with van der Waals surface area (Å²) < 4.78 is 0.287. The van der Waals surface area contributed by atoms with E-state index in [-0.39, 0.29) is 10.7 Å². The zero-order valence-electron chi connectivity index (χ0n) is 11.1. The fourth-order valence-electron chi connectivity index (χ4n) is 2.22. The lowest BCUT2D eigenvalue weighted by molar-refractivity contribution is 0.477. The van der Waals surface area contributed by atoms with Gasteiger partial charge in [-0.25, -0.2) is 4.98 Å². The number of anilines is 1. The second-order valence-corrected chi connectivity index (χ2v) is 5.04. The van der Waals surface area contributed by atoms with Crippen molar-refractivity contribution in [2.45, 2.75) is 26.2 Å². The van der Waals surface area contributed by atoms with Gasteiger partial charge in [0.15, 0.2) is 0 Å². The molecule has 19 heavy (non-hydrogen) atoms. The van der Waals surface area contributed by atoms with E-state index in [1.807, 2.05) is 18.2 Å². The average Bonchev–Trinajstić information content (AvgIpc) is 2.39. The van der Waals surface area contributed by atoms with E-state index >= 15 is 0 Å². The Hall–Kier alpha value is -1.75. The molecule has 4 nitrogen and oxygen atoms in total. The molecule has 2 aromatic rings. The van der Waals surface area contributed by atoms with Crippen LogP contribution in [0.2, 0.25) is 0 Å². The normalized spacial score (nSPS) is 14.0. The molecule has 5 heteroatoms. The Bertz CT molecular complexity index is 594. The molecule has 0 fully saturated rings. The van der Waals surface area contributed by atoms with Crippen LogP contribution in [0.1, 0.15) is 37.6 Å². The summed E-state index contributed by atoms with van der Waals surface area (Å²) in [4.78, 5) is 11.3. The Morgan fingerprint density at radius 1 is 1.26 bits per heavy atom. The molecule has 0 aliphatic carbocycles. The van der Waals surface area contributed by atoms with Gasteiger partial charge in [-0.1, -0.05) is 50.6 Å². The first-order valence-electron chi connectivity index (χ1n) is 6.40. The Kier molecular flexibility index (Phi) is 4.27. The molecule has 0 aliphatic heterocycles. The molecule has 0 amide bonds. The quantitative estimate of drug-likeness (QED) is 0.839. The van der Waals surface area contributed by atoms with E-state index in [2.05, 4.69) is 40.9 Å². The predicted molar refractivity (Wildman–Crippen MR) is 79.4 cm³/mol. The van der Waals surface area contributed by atoms with E-state index in [1.54, 1.807) is 0 Å². The summed E-state index contributed by atoms with van der Waals surface area (Å²) in [5.41, 5.74) is 6.95. The molecule has 0 saturated carbocycles. The smallest absolute Gasteiger partial charge is 0.224 e. The van der Waals surface area contributed by atoms with Crippen LogP contribution < -0.4 is 5.73 Å². The molecule has 2 unspecified atom stereocenters. The minimum Gasteiger partial charge on any atom is -0.369 e. The largest absolute Gasteiger partial charge is 0.369 e. The third-order valence-corrected chi connectivity index (χ3v) is 3.54. The van der Waals surface area contributed by atoms with E-state index in [1.165, 1.54) is 5.56 Å². The van der Waals surface area contributed by atoms with Crippen LogP contribution in [0, 0.1) is 10.7 Å². The maximum absolute atomic E-state index is 5.74. The molecule has 0 spiro atoms. The van der Waals surface area contributed by atoms with E-state index in [0.717, 1.165) is 12.2 Å². The lowest BCUT2D eigenvalue weighted by atomic mass is 9.85. The minimum absolute atomic E-state index is 0.151. The van der Waals surface area contributed by atoms with Crippen molar-refractivity contribution in [1.82, 2.24) is 15.0 Å². The van der Waals surface area contributed by atoms with Crippen LogP contribution in [-0.2, 0) is 0 Å². The van der Waals surface area contributed by atoms with Gasteiger partial charge >= 0.3 is 0 Å². The molecule has 1 aromatic heterocycles. The van der Waals surface area contributed by atoms with Gasteiger partial charge in [0.25, 0.3) is 0 Å². The topological polar surface area (TPSA) is 67.6 Å². The Morgan fingerprint density at radius 2 is 1.95 bits per heavy atom. The Labute approximate surface area is 118 Å². The first-order chi connectivity index (χ1) is 9.11. The number of H-pyrrole nitrogens is 1. The molecular formula is C14H18N4S. The minimum atomic E-state index is 0.151. The molecule has 0 bridgehead atoms. The van der Waals surface area contributed by atoms with Gasteiger partial charge in [0, 0.05) is 5.92 Å². The van der Waals surface area contributed by atoms with Crippen LogP contribution in [-0.4, -0.2) is 15.0 Å². The summed E-state index contributed by atoms with van der Waals surface area (Å²) in [6.07, 6.45) is 1.05. The van der Waals surface area contributed by atoms with Gasteiger partial charge in [-0.15, -0.1) is 0 Å². The molecule has 0 saturated heterocycles. The van der Waals surface area contributed by atoms with Crippen molar-refractivity contribution in [2.24, 2.45) is 5.92 Å². The predicted octanol–water partition coefficient (Wildman–Crippen LogP) is 3.29. The van der Waals surface area contributed by atoms with Gasteiger partial charge in [-0.05, 0) is 23.7 Å². The van der Waals surface area contributed by atoms with E-state index in [0.29, 0.717) is 11.9 Å². The van der Waals surface area contributed by atoms with Crippen molar-refractivity contribution >= 4 is 18.2 Å². The molecule has 0 radical (unpaired) electrons. The van der Waals surface area contributed by atoms with Crippen molar-refractivity contribution in [2.75, 3.05) is 5.73 Å². The molecular weight excluding hydrogens is 256 g/mol. The number of aromatic nitrogens is 3. The maximum atomic E-state index is 5.74. The number of nitrogens with zero attached hydrogens (tertiary/aromatic N) is 2. The van der Waals surface area contributed by atoms with Gasteiger partial charge in [-0.2, -0.15) is 4.98 Å². The lowest BCUT2D eigenvalue weighted by Crippen LogP contribution is -2.16. The van der Waals surface area contributed by atoms with E-state index < -0.39 is 0 Å². The van der Waals surface area contributed by atoms with E-state index in [4.69, 9.17) is 18.0 Å². The van der Waals surface area contributed by atoms with Crippen LogP contribution in [0.3, 0.4) is 0 Å². The molecule has 1 heterocycles. The lowest BCUT2D eigenvalue weighted by Gasteiger charge is -2.22. The van der Waals surface area contributed by atoms with E-state index in [9.17, 15) is 0 Å². The number of rotatable bonds is 4. The standard InChI is InChI=1S/C14H18N4S/c1-3-9(2)11(10-7-5-4-6-8-10)12-16-13(15)18-14(19)17-12/h4-9,11H,3H2,1-2H3,(H3,15,16,17,18,19). The van der Waals surface area contributed by atoms with Gasteiger partial charge in [-0.3, -0.25) is 0 Å². The zero-order valence-corrected chi connectivity index (χ0v) is 11.9. The summed E-state index contributed by atoms with van der Waals surface area (Å²) in [6.45, 7) is 4.37. The fraction of sp³-hybridized carbons (Fsp3) is 0.357. The van der Waals surface area contributed by atoms with Crippen molar-refractivity contribution in [1.29, 1.82) is 0 Å². The van der Waals surface area contributed by atoms with Crippen molar-refractivity contribution in [3.8, 4) is 0 Å². The number of nitrogens with two attached hydrogens (primary N) is 1. The SMILES string of the molecule is CCC(C)C(c1ccccc1)c1nc(=S)nc(N)[nH]1. The average molecular weight is 274 g/mol. The zero-order chi connectivity index (χ0) is 13.8. The summed E-state index contributed by atoms with van der Waals surface area (Å²) in [5.74, 6) is 1.69. The van der Waals surface area contributed by atoms with Gasteiger partial charge in [0.05, 0.1) is 0 Å². The van der Waals surface area contributed by atoms with Crippen LogP contribution in [0.5, 0.6) is 0 Å². The summed E-state index contributed by atoms with van der Waals surface area (Å²) >= 11 is 5.06. The first kappa shape index (κ1) is 13.7. The molecule has 3 N–H and O–H groups in total. The monoisotopic (exact) mass is 274 g/mol. The van der Waals surface area contributed by atoms with Gasteiger partial charge < -0.3 is 10.7 Å². The highest BCUT2D eigenvalue weighted by Gasteiger charge is 2.22. The highest BCUT2D eigenvalue weighted by molar-refractivity contribution is 7.71. The second kappa shape index (κ2) is 5.93. The number of nitrogens with one attached hydrogen (secondary N) is 1. The molecule has 100 valence electrons. The summed E-state index contributed by atoms with van der Waals surface area (Å²) in [7, 11) is 0. The number of benzene rings is 1. The molecule has 0 aliphatic rings. The highest BCUT2D eigenvalue weighted by atomic mass is 32.1. The Morgan fingerprint density at radius 3 is 2.53 bits per heavy atom. The number of nitrogen functional groups attached to an aromatic ring is 1. The Balaban J connectivity index is 2.52. The number of aromatic amines is 1. The van der Waals surface area contributed by atoms with Gasteiger partial charge in [0.1, 0.15) is 5.82 Å². The molecule has 2 atom stereocenters. The van der Waals surface area contributed by atoms with Crippen LogP contribution >= 0.6 is 12.2 Å². The maximum Gasteiger partial charge on any atom is 0.224 e. The third-order valence-electron chi connectivity index (χ3n) is 3.35. The summed E-state index contributed by atoms with van der Waals surface area (Å²) in [5, 5.41) is 0. The molecule has 2 rings (SSSR count). The number of hydrogen-bond donors (Lipinski definition) is 2. The van der Waals surface area contributed by atoms with Crippen LogP contribution in [0.25, 0.3) is 0 Å². The molecule has 1 aromatic carbocycles. The fourth-order valence-corrected chi connectivity index (χ4v) is 2.41.